The molecule has 2 atom stereocenters. The number of likely N-dealkylation sites (tertiary alicyclic amines) is 1. The van der Waals surface area contributed by atoms with Gasteiger partial charge < -0.3 is 25.1 Å². The number of alkyl halides is 1. The molecule has 0 saturated carbocycles. The molecule has 42 heavy (non-hydrogen) atoms. The molecule has 0 radical (unpaired) electrons. The van der Waals surface area contributed by atoms with Gasteiger partial charge in [-0.25, -0.2) is 14.4 Å². The van der Waals surface area contributed by atoms with Crippen LogP contribution in [0.15, 0.2) is 61.3 Å². The van der Waals surface area contributed by atoms with Crippen molar-refractivity contribution in [2.24, 2.45) is 0 Å². The van der Waals surface area contributed by atoms with Crippen LogP contribution in [-0.2, 0) is 16.1 Å². The van der Waals surface area contributed by atoms with Gasteiger partial charge >= 0.3 is 0 Å². The molecule has 10 nitrogen and oxygen atoms in total. The quantitative estimate of drug-likeness (QED) is 0.236. The first-order valence-corrected chi connectivity index (χ1v) is 13.7. The Hall–Kier alpha value is -5.06. The van der Waals surface area contributed by atoms with Crippen molar-refractivity contribution >= 4 is 56.5 Å². The topological polar surface area (TPSA) is 125 Å². The van der Waals surface area contributed by atoms with Crippen molar-refractivity contribution in [2.75, 3.05) is 17.2 Å². The number of halogens is 1. The third-order valence-electron chi connectivity index (χ3n) is 7.86. The van der Waals surface area contributed by atoms with Gasteiger partial charge in [0.15, 0.2) is 5.78 Å². The van der Waals surface area contributed by atoms with Gasteiger partial charge in [-0.15, -0.1) is 0 Å². The van der Waals surface area contributed by atoms with E-state index in [1.165, 1.54) is 18.2 Å². The van der Waals surface area contributed by atoms with Crippen molar-refractivity contribution in [3.63, 3.8) is 0 Å². The molecule has 11 heteroatoms. The maximum absolute atomic E-state index is 14.6. The van der Waals surface area contributed by atoms with Crippen LogP contribution in [0.25, 0.3) is 21.8 Å². The predicted octanol–water partition coefficient (Wildman–Crippen LogP) is 5.05. The van der Waals surface area contributed by atoms with Gasteiger partial charge in [0.25, 0.3) is 0 Å². The van der Waals surface area contributed by atoms with E-state index in [0.717, 1.165) is 27.8 Å². The minimum atomic E-state index is -1.31. The average Bonchev–Trinajstić information content (AvgIpc) is 3.62. The Bertz CT molecular complexity index is 1850. The fourth-order valence-corrected chi connectivity index (χ4v) is 5.63. The van der Waals surface area contributed by atoms with Crippen LogP contribution in [-0.4, -0.2) is 60.8 Å². The normalized spacial score (nSPS) is 16.7. The first-order chi connectivity index (χ1) is 20.2. The molecule has 1 saturated heterocycles. The van der Waals surface area contributed by atoms with E-state index in [1.54, 1.807) is 29.2 Å². The van der Waals surface area contributed by atoms with E-state index in [4.69, 9.17) is 0 Å². The largest absolute Gasteiger partial charge is 0.358 e. The van der Waals surface area contributed by atoms with Gasteiger partial charge in [0, 0.05) is 57.1 Å². The number of ketones is 1. The molecule has 3 aromatic heterocycles. The van der Waals surface area contributed by atoms with Crippen molar-refractivity contribution in [1.29, 1.82) is 0 Å². The minimum Gasteiger partial charge on any atom is -0.358 e. The summed E-state index contributed by atoms with van der Waals surface area (Å²) in [6.07, 6.45) is 4.94. The number of hydrogen-bond acceptors (Lipinski definition) is 6. The number of benzene rings is 2. The molecule has 1 aliphatic rings. The standard InChI is InChI=1S/C31H30FN7O3/c1-17-18(2)35-27-6-4-22(9-24(17)27)37-31(42)29-8-20(32)13-39(29)30(41)15-38-14-26(19(3)40)25-10-21(5-7-28(25)38)36-23-11-33-16-34-12-23/h4-7,9-12,14,16,20,29,35-36H,8,13,15H2,1-3H3,(H,37,42). The summed E-state index contributed by atoms with van der Waals surface area (Å²) >= 11 is 0. The summed E-state index contributed by atoms with van der Waals surface area (Å²) in [5.74, 6) is -0.993. The molecule has 2 unspecified atom stereocenters. The molecule has 0 spiro atoms. The fraction of sp³-hybridized carbons (Fsp3) is 0.258. The molecule has 1 fully saturated rings. The fourth-order valence-electron chi connectivity index (χ4n) is 5.63. The molecule has 5 aromatic rings. The number of Topliss-reactive ketones (excluding diaryl/α,β-unsaturated/α-hetero) is 1. The number of amides is 2. The Balaban J connectivity index is 1.22. The van der Waals surface area contributed by atoms with Crippen molar-refractivity contribution in [3.05, 3.63) is 78.1 Å². The second kappa shape index (κ2) is 10.7. The number of rotatable bonds is 7. The molecule has 2 aromatic carbocycles. The minimum absolute atomic E-state index is 0.0779. The Kier molecular flexibility index (Phi) is 6.93. The molecule has 214 valence electrons. The zero-order valence-corrected chi connectivity index (χ0v) is 23.4. The van der Waals surface area contributed by atoms with Gasteiger partial charge in [-0.2, -0.15) is 0 Å². The molecule has 0 bridgehead atoms. The van der Waals surface area contributed by atoms with Gasteiger partial charge in [-0.05, 0) is 62.7 Å². The number of hydrogen-bond donors (Lipinski definition) is 3. The van der Waals surface area contributed by atoms with E-state index in [2.05, 4.69) is 25.6 Å². The number of carbonyl (C=O) groups is 3. The Morgan fingerprint density at radius 1 is 1.02 bits per heavy atom. The highest BCUT2D eigenvalue weighted by molar-refractivity contribution is 6.08. The van der Waals surface area contributed by atoms with E-state index in [1.807, 2.05) is 44.2 Å². The summed E-state index contributed by atoms with van der Waals surface area (Å²) in [6.45, 7) is 5.14. The Morgan fingerprint density at radius 3 is 2.52 bits per heavy atom. The monoisotopic (exact) mass is 567 g/mol. The van der Waals surface area contributed by atoms with Crippen LogP contribution < -0.4 is 10.6 Å². The first kappa shape index (κ1) is 27.1. The average molecular weight is 568 g/mol. The van der Waals surface area contributed by atoms with E-state index < -0.39 is 24.0 Å². The lowest BCUT2D eigenvalue weighted by molar-refractivity contribution is -0.137. The van der Waals surface area contributed by atoms with Crippen LogP contribution in [0.4, 0.5) is 21.5 Å². The zero-order valence-electron chi connectivity index (χ0n) is 23.4. The van der Waals surface area contributed by atoms with Gasteiger partial charge in [0.1, 0.15) is 25.1 Å². The summed E-state index contributed by atoms with van der Waals surface area (Å²) in [5, 5.41) is 7.74. The number of aromatic nitrogens is 4. The number of carbonyl (C=O) groups excluding carboxylic acids is 3. The zero-order chi connectivity index (χ0) is 29.5. The van der Waals surface area contributed by atoms with Crippen LogP contribution in [0.1, 0.15) is 35.0 Å². The summed E-state index contributed by atoms with van der Waals surface area (Å²) in [5.41, 5.74) is 6.22. The lowest BCUT2D eigenvalue weighted by Crippen LogP contribution is -2.44. The second-order valence-electron chi connectivity index (χ2n) is 10.7. The summed E-state index contributed by atoms with van der Waals surface area (Å²) < 4.78 is 16.3. The predicted molar refractivity (Wildman–Crippen MR) is 159 cm³/mol. The molecular weight excluding hydrogens is 537 g/mol. The van der Waals surface area contributed by atoms with Gasteiger partial charge in [0.05, 0.1) is 24.6 Å². The number of anilines is 3. The van der Waals surface area contributed by atoms with E-state index in [-0.39, 0.29) is 25.3 Å². The summed E-state index contributed by atoms with van der Waals surface area (Å²) in [4.78, 5) is 51.9. The molecule has 0 aliphatic carbocycles. The SMILES string of the molecule is CC(=O)c1cn(CC(=O)N2CC(F)CC2C(=O)Nc2ccc3[nH]c(C)c(C)c3c2)c2ccc(Nc3cncnc3)cc12. The van der Waals surface area contributed by atoms with Crippen molar-refractivity contribution < 1.29 is 18.8 Å². The Labute approximate surface area is 240 Å². The highest BCUT2D eigenvalue weighted by atomic mass is 19.1. The summed E-state index contributed by atoms with van der Waals surface area (Å²) in [7, 11) is 0. The highest BCUT2D eigenvalue weighted by Crippen LogP contribution is 2.29. The van der Waals surface area contributed by atoms with Crippen LogP contribution in [0.5, 0.6) is 0 Å². The van der Waals surface area contributed by atoms with E-state index in [9.17, 15) is 18.8 Å². The number of nitrogens with one attached hydrogen (secondary N) is 3. The maximum atomic E-state index is 14.6. The van der Waals surface area contributed by atoms with Crippen molar-refractivity contribution in [1.82, 2.24) is 24.4 Å². The second-order valence-corrected chi connectivity index (χ2v) is 10.7. The highest BCUT2D eigenvalue weighted by Gasteiger charge is 2.40. The van der Waals surface area contributed by atoms with Gasteiger partial charge in [0.2, 0.25) is 11.8 Å². The smallest absolute Gasteiger partial charge is 0.247 e. The third kappa shape index (κ3) is 5.09. The molecule has 4 heterocycles. The number of nitrogens with zero attached hydrogens (tertiary/aromatic N) is 4. The van der Waals surface area contributed by atoms with Crippen molar-refractivity contribution in [2.45, 2.75) is 46.0 Å². The van der Waals surface area contributed by atoms with Crippen LogP contribution >= 0.6 is 0 Å². The maximum Gasteiger partial charge on any atom is 0.247 e. The van der Waals surface area contributed by atoms with E-state index >= 15 is 0 Å². The summed E-state index contributed by atoms with van der Waals surface area (Å²) in [6, 6.07) is 10.1. The van der Waals surface area contributed by atoms with Crippen LogP contribution in [0.3, 0.4) is 0 Å². The first-order valence-electron chi connectivity index (χ1n) is 13.7. The lowest BCUT2D eigenvalue weighted by Gasteiger charge is -2.24. The molecule has 6 rings (SSSR count). The molecular formula is C31H30FN7O3. The molecule has 2 amide bonds. The van der Waals surface area contributed by atoms with Gasteiger partial charge in [-0.3, -0.25) is 14.4 Å². The van der Waals surface area contributed by atoms with Gasteiger partial charge in [-0.1, -0.05) is 0 Å². The van der Waals surface area contributed by atoms with Crippen LogP contribution in [0, 0.1) is 13.8 Å². The molecule has 3 N–H and O–H groups in total. The van der Waals surface area contributed by atoms with Crippen LogP contribution in [0.2, 0.25) is 0 Å². The number of aromatic amines is 1. The lowest BCUT2D eigenvalue weighted by atomic mass is 10.1. The van der Waals surface area contributed by atoms with Crippen molar-refractivity contribution in [3.8, 4) is 0 Å². The van der Waals surface area contributed by atoms with E-state index in [0.29, 0.717) is 27.8 Å². The third-order valence-corrected chi connectivity index (χ3v) is 7.86. The molecule has 1 aliphatic heterocycles. The Morgan fingerprint density at radius 2 is 1.76 bits per heavy atom. The number of H-pyrrole nitrogens is 1. The number of aryl methyl sites for hydroxylation is 2. The number of fused-ring (bicyclic) bond motifs is 2.